The molecule has 0 spiro atoms. The van der Waals surface area contributed by atoms with Crippen LogP contribution in [0, 0.1) is 13.8 Å². The van der Waals surface area contributed by atoms with E-state index in [0.29, 0.717) is 17.9 Å². The fourth-order valence-corrected chi connectivity index (χ4v) is 3.75. The third kappa shape index (κ3) is 5.39. The van der Waals surface area contributed by atoms with Gasteiger partial charge in [0.1, 0.15) is 10.7 Å². The Kier molecular flexibility index (Phi) is 6.77. The van der Waals surface area contributed by atoms with E-state index >= 15 is 0 Å². The Morgan fingerprint density at radius 1 is 0.933 bits per heavy atom. The molecule has 0 unspecified atom stereocenters. The first kappa shape index (κ1) is 21.8. The predicted octanol–water partition coefficient (Wildman–Crippen LogP) is 6.73. The highest BCUT2D eigenvalue weighted by atomic mass is 32.1. The van der Waals surface area contributed by atoms with E-state index in [1.54, 1.807) is 6.07 Å². The maximum absolute atomic E-state index is 13.3. The summed E-state index contributed by atoms with van der Waals surface area (Å²) in [5.74, 6) is 0.711. The Bertz CT molecular complexity index is 1010. The van der Waals surface area contributed by atoms with Crippen molar-refractivity contribution >= 4 is 22.9 Å². The number of ether oxygens (including phenoxy) is 1. The molecule has 0 saturated carbocycles. The summed E-state index contributed by atoms with van der Waals surface area (Å²) in [4.78, 5) is 0.248. The zero-order chi connectivity index (χ0) is 21.7. The Balaban J connectivity index is 1.73. The van der Waals surface area contributed by atoms with Gasteiger partial charge in [0.15, 0.2) is 0 Å². The lowest BCUT2D eigenvalue weighted by atomic mass is 10.0. The predicted molar refractivity (Wildman–Crippen MR) is 118 cm³/mol. The molecule has 1 N–H and O–H groups in total. The lowest BCUT2D eigenvalue weighted by Gasteiger charge is -2.18. The second-order valence-electron chi connectivity index (χ2n) is 7.01. The molecule has 0 aromatic heterocycles. The van der Waals surface area contributed by atoms with Crippen LogP contribution in [0.25, 0.3) is 0 Å². The maximum Gasteiger partial charge on any atom is 0.418 e. The Hall–Kier alpha value is -2.86. The first-order valence-corrected chi connectivity index (χ1v) is 9.92. The Labute approximate surface area is 179 Å². The molecule has 0 aliphatic heterocycles. The Morgan fingerprint density at radius 3 is 2.17 bits per heavy atom. The van der Waals surface area contributed by atoms with Gasteiger partial charge in [-0.25, -0.2) is 0 Å². The van der Waals surface area contributed by atoms with Crippen molar-refractivity contribution in [2.24, 2.45) is 0 Å². The topological polar surface area (TPSA) is 21.3 Å². The molecule has 0 bridgehead atoms. The first-order valence-electron chi connectivity index (χ1n) is 9.51. The molecule has 3 aromatic rings. The van der Waals surface area contributed by atoms with E-state index in [1.807, 2.05) is 56.3 Å². The molecule has 2 nitrogen and oxygen atoms in total. The van der Waals surface area contributed by atoms with Gasteiger partial charge in [-0.3, -0.25) is 0 Å². The highest BCUT2D eigenvalue weighted by molar-refractivity contribution is 7.81. The number of nitrogens with one attached hydrogen (secondary N) is 1. The van der Waals surface area contributed by atoms with Crippen molar-refractivity contribution in [2.45, 2.75) is 26.4 Å². The first-order chi connectivity index (χ1) is 14.3. The highest BCUT2D eigenvalue weighted by Gasteiger charge is 2.33. The lowest BCUT2D eigenvalue weighted by molar-refractivity contribution is -0.136. The molecular formula is C24H22F3NOS. The molecule has 0 atom stereocenters. The van der Waals surface area contributed by atoms with Crippen molar-refractivity contribution in [3.63, 3.8) is 0 Å². The van der Waals surface area contributed by atoms with Gasteiger partial charge in [0.25, 0.3) is 0 Å². The third-order valence-corrected chi connectivity index (χ3v) is 5.02. The van der Waals surface area contributed by atoms with Crippen molar-refractivity contribution in [2.75, 3.05) is 11.9 Å². The highest BCUT2D eigenvalue weighted by Crippen LogP contribution is 2.35. The van der Waals surface area contributed by atoms with Crippen LogP contribution in [0.2, 0.25) is 0 Å². The summed E-state index contributed by atoms with van der Waals surface area (Å²) in [6.07, 6.45) is -3.67. The van der Waals surface area contributed by atoms with Gasteiger partial charge in [-0.15, -0.1) is 0 Å². The quantitative estimate of drug-likeness (QED) is 0.439. The minimum Gasteiger partial charge on any atom is -0.493 e. The largest absolute Gasteiger partial charge is 0.493 e. The summed E-state index contributed by atoms with van der Waals surface area (Å²) in [5.41, 5.74) is 2.77. The standard InChI is InChI=1S/C24H22F3NOS/c1-16-14-19(29-13-12-18-8-4-3-5-9-18)15-17(2)22(16)23(30)28-21-11-7-6-10-20(21)24(25,26)27/h3-11,14-15H,12-13H2,1-2H3,(H,28,30). The van der Waals surface area contributed by atoms with Crippen molar-refractivity contribution in [1.82, 2.24) is 0 Å². The summed E-state index contributed by atoms with van der Waals surface area (Å²) in [6, 6.07) is 19.1. The fourth-order valence-electron chi connectivity index (χ4n) is 3.32. The van der Waals surface area contributed by atoms with Crippen molar-refractivity contribution in [3.8, 4) is 5.75 Å². The van der Waals surface area contributed by atoms with E-state index in [-0.39, 0.29) is 10.7 Å². The van der Waals surface area contributed by atoms with E-state index in [2.05, 4.69) is 5.32 Å². The SMILES string of the molecule is Cc1cc(OCCc2ccccc2)cc(C)c1C(=S)Nc1ccccc1C(F)(F)F. The van der Waals surface area contributed by atoms with Crippen LogP contribution in [-0.2, 0) is 12.6 Å². The van der Waals surface area contributed by atoms with Crippen LogP contribution in [0.4, 0.5) is 18.9 Å². The van der Waals surface area contributed by atoms with Gasteiger partial charge in [-0.1, -0.05) is 54.7 Å². The maximum atomic E-state index is 13.3. The number of hydrogen-bond donors (Lipinski definition) is 1. The molecule has 3 aromatic carbocycles. The normalized spacial score (nSPS) is 11.2. The van der Waals surface area contributed by atoms with E-state index in [9.17, 15) is 13.2 Å². The van der Waals surface area contributed by atoms with Crippen molar-refractivity contribution in [3.05, 3.63) is 94.5 Å². The molecule has 0 saturated heterocycles. The average molecular weight is 430 g/mol. The number of halogens is 3. The van der Waals surface area contributed by atoms with Gasteiger partial charge in [0.2, 0.25) is 0 Å². The molecule has 156 valence electrons. The van der Waals surface area contributed by atoms with Gasteiger partial charge in [-0.2, -0.15) is 13.2 Å². The summed E-state index contributed by atoms with van der Waals surface area (Å²) in [7, 11) is 0. The number of hydrogen-bond acceptors (Lipinski definition) is 2. The van der Waals surface area contributed by atoms with Crippen molar-refractivity contribution in [1.29, 1.82) is 0 Å². The van der Waals surface area contributed by atoms with Gasteiger partial charge in [-0.05, 0) is 54.8 Å². The van der Waals surface area contributed by atoms with E-state index in [0.717, 1.165) is 23.6 Å². The number of rotatable bonds is 6. The minimum absolute atomic E-state index is 0.0583. The van der Waals surface area contributed by atoms with Gasteiger partial charge in [0, 0.05) is 12.0 Å². The van der Waals surface area contributed by atoms with Crippen LogP contribution in [0.5, 0.6) is 5.75 Å². The van der Waals surface area contributed by atoms with E-state index in [4.69, 9.17) is 17.0 Å². The molecule has 0 radical (unpaired) electrons. The number of alkyl halides is 3. The van der Waals surface area contributed by atoms with Crippen molar-refractivity contribution < 1.29 is 17.9 Å². The van der Waals surface area contributed by atoms with Crippen LogP contribution in [0.3, 0.4) is 0 Å². The van der Waals surface area contributed by atoms with E-state index < -0.39 is 11.7 Å². The molecule has 3 rings (SSSR count). The molecule has 0 aliphatic carbocycles. The van der Waals surface area contributed by atoms with Gasteiger partial charge >= 0.3 is 6.18 Å². The smallest absolute Gasteiger partial charge is 0.418 e. The fraction of sp³-hybridized carbons (Fsp3) is 0.208. The molecule has 0 aliphatic rings. The third-order valence-electron chi connectivity index (χ3n) is 4.72. The van der Waals surface area contributed by atoms with Crippen LogP contribution < -0.4 is 10.1 Å². The zero-order valence-electron chi connectivity index (χ0n) is 16.7. The minimum atomic E-state index is -4.46. The van der Waals surface area contributed by atoms with E-state index in [1.165, 1.54) is 17.7 Å². The second-order valence-corrected chi connectivity index (χ2v) is 7.42. The summed E-state index contributed by atoms with van der Waals surface area (Å²) >= 11 is 5.44. The lowest BCUT2D eigenvalue weighted by Crippen LogP contribution is -2.17. The van der Waals surface area contributed by atoms with Gasteiger partial charge in [0.05, 0.1) is 17.9 Å². The summed E-state index contributed by atoms with van der Waals surface area (Å²) in [6.45, 7) is 4.27. The average Bonchev–Trinajstić information content (AvgIpc) is 2.68. The van der Waals surface area contributed by atoms with Gasteiger partial charge < -0.3 is 10.1 Å². The number of para-hydroxylation sites is 1. The molecule has 0 amide bonds. The summed E-state index contributed by atoms with van der Waals surface area (Å²) in [5, 5.41) is 2.77. The zero-order valence-corrected chi connectivity index (χ0v) is 17.5. The molecule has 0 fully saturated rings. The number of anilines is 1. The Morgan fingerprint density at radius 2 is 1.53 bits per heavy atom. The number of benzene rings is 3. The molecule has 6 heteroatoms. The van der Waals surface area contributed by atoms with Crippen LogP contribution in [0.1, 0.15) is 27.8 Å². The molecule has 0 heterocycles. The van der Waals surface area contributed by atoms with Crippen LogP contribution in [-0.4, -0.2) is 11.6 Å². The van der Waals surface area contributed by atoms with Crippen LogP contribution in [0.15, 0.2) is 66.7 Å². The second kappa shape index (κ2) is 9.30. The number of aryl methyl sites for hydroxylation is 2. The monoisotopic (exact) mass is 429 g/mol. The molecule has 30 heavy (non-hydrogen) atoms. The van der Waals surface area contributed by atoms with Crippen LogP contribution >= 0.6 is 12.2 Å². The summed E-state index contributed by atoms with van der Waals surface area (Å²) < 4.78 is 45.6. The number of thiocarbonyl (C=S) groups is 1. The molecular weight excluding hydrogens is 407 g/mol.